The number of hydrogen-bond acceptors (Lipinski definition) is 3. The van der Waals surface area contributed by atoms with Crippen molar-refractivity contribution in [3.63, 3.8) is 0 Å². The predicted molar refractivity (Wildman–Crippen MR) is 70.5 cm³/mol. The molecule has 0 radical (unpaired) electrons. The van der Waals surface area contributed by atoms with E-state index < -0.39 is 0 Å². The SMILES string of the molecule is CN(C)CC(=O)N1CCCNc2ccccc21. The maximum absolute atomic E-state index is 12.2. The number of hydrogen-bond donors (Lipinski definition) is 1. The molecule has 1 aromatic carbocycles. The molecule has 0 fully saturated rings. The van der Waals surface area contributed by atoms with Crippen LogP contribution in [0.1, 0.15) is 6.42 Å². The van der Waals surface area contributed by atoms with E-state index in [1.54, 1.807) is 0 Å². The highest BCUT2D eigenvalue weighted by Gasteiger charge is 2.20. The molecule has 1 aromatic rings. The Kier molecular flexibility index (Phi) is 3.64. The van der Waals surface area contributed by atoms with Crippen molar-refractivity contribution in [2.45, 2.75) is 6.42 Å². The van der Waals surface area contributed by atoms with Crippen LogP contribution in [0.15, 0.2) is 24.3 Å². The van der Waals surface area contributed by atoms with Crippen molar-refractivity contribution in [3.8, 4) is 0 Å². The zero-order valence-corrected chi connectivity index (χ0v) is 10.4. The van der Waals surface area contributed by atoms with Gasteiger partial charge in [0.05, 0.1) is 17.9 Å². The molecule has 0 saturated carbocycles. The molecule has 4 nitrogen and oxygen atoms in total. The molecule has 0 atom stereocenters. The summed E-state index contributed by atoms with van der Waals surface area (Å²) in [5, 5.41) is 3.36. The van der Waals surface area contributed by atoms with Crippen LogP contribution in [0.2, 0.25) is 0 Å². The van der Waals surface area contributed by atoms with Gasteiger partial charge in [-0.15, -0.1) is 0 Å². The van der Waals surface area contributed by atoms with Crippen LogP contribution in [0.3, 0.4) is 0 Å². The third kappa shape index (κ3) is 2.77. The molecular weight excluding hydrogens is 214 g/mol. The van der Waals surface area contributed by atoms with Crippen LogP contribution in [0.4, 0.5) is 11.4 Å². The fourth-order valence-corrected chi connectivity index (χ4v) is 2.05. The Morgan fingerprint density at radius 3 is 2.94 bits per heavy atom. The molecule has 1 aliphatic rings. The first-order valence-electron chi connectivity index (χ1n) is 5.96. The second-order valence-corrected chi connectivity index (χ2v) is 4.58. The van der Waals surface area contributed by atoms with Crippen LogP contribution in [0.25, 0.3) is 0 Å². The second kappa shape index (κ2) is 5.19. The maximum Gasteiger partial charge on any atom is 0.241 e. The number of anilines is 2. The average molecular weight is 233 g/mol. The Balaban J connectivity index is 2.25. The van der Waals surface area contributed by atoms with Crippen LogP contribution in [-0.2, 0) is 4.79 Å². The van der Waals surface area contributed by atoms with Crippen molar-refractivity contribution in [1.29, 1.82) is 0 Å². The summed E-state index contributed by atoms with van der Waals surface area (Å²) in [6, 6.07) is 7.99. The first-order chi connectivity index (χ1) is 8.18. The fraction of sp³-hybridized carbons (Fsp3) is 0.462. The van der Waals surface area contributed by atoms with E-state index >= 15 is 0 Å². The number of nitrogens with one attached hydrogen (secondary N) is 1. The van der Waals surface area contributed by atoms with E-state index in [-0.39, 0.29) is 5.91 Å². The first-order valence-corrected chi connectivity index (χ1v) is 5.96. The molecule has 17 heavy (non-hydrogen) atoms. The molecule has 1 amide bonds. The van der Waals surface area contributed by atoms with E-state index in [0.29, 0.717) is 6.54 Å². The zero-order valence-electron chi connectivity index (χ0n) is 10.4. The smallest absolute Gasteiger partial charge is 0.241 e. The third-order valence-corrected chi connectivity index (χ3v) is 2.82. The lowest BCUT2D eigenvalue weighted by Crippen LogP contribution is -2.38. The van der Waals surface area contributed by atoms with E-state index in [4.69, 9.17) is 0 Å². The van der Waals surface area contributed by atoms with E-state index in [1.807, 2.05) is 48.2 Å². The summed E-state index contributed by atoms with van der Waals surface area (Å²) < 4.78 is 0. The van der Waals surface area contributed by atoms with Gasteiger partial charge in [-0.25, -0.2) is 0 Å². The van der Waals surface area contributed by atoms with Gasteiger partial charge in [-0.1, -0.05) is 12.1 Å². The second-order valence-electron chi connectivity index (χ2n) is 4.58. The molecule has 0 aromatic heterocycles. The normalized spacial score (nSPS) is 15.1. The van der Waals surface area contributed by atoms with Crippen LogP contribution in [-0.4, -0.2) is 44.5 Å². The minimum Gasteiger partial charge on any atom is -0.383 e. The number of likely N-dealkylation sites (N-methyl/N-ethyl adjacent to an activating group) is 1. The predicted octanol–water partition coefficient (Wildman–Crippen LogP) is 1.40. The molecule has 0 bridgehead atoms. The van der Waals surface area contributed by atoms with Gasteiger partial charge >= 0.3 is 0 Å². The molecule has 0 aliphatic carbocycles. The number of nitrogens with zero attached hydrogens (tertiary/aromatic N) is 2. The Labute approximate surface area is 102 Å². The van der Waals surface area contributed by atoms with Gasteiger partial charge in [0.2, 0.25) is 5.91 Å². The van der Waals surface area contributed by atoms with E-state index in [2.05, 4.69) is 5.32 Å². The Bertz CT molecular complexity index is 403. The fourth-order valence-electron chi connectivity index (χ4n) is 2.05. The van der Waals surface area contributed by atoms with Gasteiger partial charge in [-0.2, -0.15) is 0 Å². The van der Waals surface area contributed by atoms with Crippen LogP contribution < -0.4 is 10.2 Å². The lowest BCUT2D eigenvalue weighted by molar-refractivity contribution is -0.119. The summed E-state index contributed by atoms with van der Waals surface area (Å²) in [4.78, 5) is 16.0. The van der Waals surface area contributed by atoms with Gasteiger partial charge in [-0.3, -0.25) is 4.79 Å². The molecule has 1 N–H and O–H groups in total. The summed E-state index contributed by atoms with van der Waals surface area (Å²) in [7, 11) is 3.83. The van der Waals surface area contributed by atoms with Crippen molar-refractivity contribution in [2.75, 3.05) is 43.9 Å². The van der Waals surface area contributed by atoms with Crippen molar-refractivity contribution in [1.82, 2.24) is 4.90 Å². The zero-order chi connectivity index (χ0) is 12.3. The molecule has 4 heteroatoms. The van der Waals surface area contributed by atoms with E-state index in [1.165, 1.54) is 0 Å². The monoisotopic (exact) mass is 233 g/mol. The minimum atomic E-state index is 0.158. The third-order valence-electron chi connectivity index (χ3n) is 2.82. The van der Waals surface area contributed by atoms with Gasteiger partial charge in [-0.05, 0) is 32.6 Å². The summed E-state index contributed by atoms with van der Waals surface area (Å²) >= 11 is 0. The summed E-state index contributed by atoms with van der Waals surface area (Å²) in [6.45, 7) is 2.16. The summed E-state index contributed by atoms with van der Waals surface area (Å²) in [5.41, 5.74) is 2.05. The lowest BCUT2D eigenvalue weighted by Gasteiger charge is -2.23. The number of para-hydroxylation sites is 2. The number of amides is 1. The molecule has 0 spiro atoms. The summed E-state index contributed by atoms with van der Waals surface area (Å²) in [6.07, 6.45) is 0.980. The number of rotatable bonds is 2. The number of carbonyl (C=O) groups excluding carboxylic acids is 1. The van der Waals surface area contributed by atoms with Crippen molar-refractivity contribution < 1.29 is 4.79 Å². The Morgan fingerprint density at radius 1 is 1.41 bits per heavy atom. The molecule has 2 rings (SSSR count). The molecule has 1 aliphatic heterocycles. The van der Waals surface area contributed by atoms with Gasteiger partial charge in [0.25, 0.3) is 0 Å². The Morgan fingerprint density at radius 2 is 2.18 bits per heavy atom. The largest absolute Gasteiger partial charge is 0.383 e. The molecular formula is C13H19N3O. The van der Waals surface area contributed by atoms with Crippen LogP contribution >= 0.6 is 0 Å². The lowest BCUT2D eigenvalue weighted by atomic mass is 10.2. The highest BCUT2D eigenvalue weighted by molar-refractivity contribution is 5.98. The van der Waals surface area contributed by atoms with Crippen LogP contribution in [0, 0.1) is 0 Å². The van der Waals surface area contributed by atoms with E-state index in [9.17, 15) is 4.79 Å². The molecule has 1 heterocycles. The van der Waals surface area contributed by atoms with Gasteiger partial charge < -0.3 is 15.1 Å². The quantitative estimate of drug-likeness (QED) is 0.838. The minimum absolute atomic E-state index is 0.158. The highest BCUT2D eigenvalue weighted by atomic mass is 16.2. The standard InChI is InChI=1S/C13H19N3O/c1-15(2)10-13(17)16-9-5-8-14-11-6-3-4-7-12(11)16/h3-4,6-7,14H,5,8-10H2,1-2H3. The van der Waals surface area contributed by atoms with Crippen LogP contribution in [0.5, 0.6) is 0 Å². The van der Waals surface area contributed by atoms with Crippen molar-refractivity contribution in [2.24, 2.45) is 0 Å². The van der Waals surface area contributed by atoms with E-state index in [0.717, 1.165) is 30.9 Å². The van der Waals surface area contributed by atoms with Crippen molar-refractivity contribution >= 4 is 17.3 Å². The molecule has 0 unspecified atom stereocenters. The highest BCUT2D eigenvalue weighted by Crippen LogP contribution is 2.27. The average Bonchev–Trinajstić information content (AvgIpc) is 2.50. The molecule has 92 valence electrons. The van der Waals surface area contributed by atoms with Gasteiger partial charge in [0, 0.05) is 13.1 Å². The topological polar surface area (TPSA) is 35.6 Å². The molecule has 0 saturated heterocycles. The summed E-state index contributed by atoms with van der Waals surface area (Å²) in [5.74, 6) is 0.158. The number of carbonyl (C=O) groups is 1. The van der Waals surface area contributed by atoms with Crippen molar-refractivity contribution in [3.05, 3.63) is 24.3 Å². The number of benzene rings is 1. The first kappa shape index (κ1) is 11.9. The van der Waals surface area contributed by atoms with Gasteiger partial charge in [0.1, 0.15) is 0 Å². The number of fused-ring (bicyclic) bond motifs is 1. The Hall–Kier alpha value is -1.55. The maximum atomic E-state index is 12.2. The van der Waals surface area contributed by atoms with Gasteiger partial charge in [0.15, 0.2) is 0 Å².